The van der Waals surface area contributed by atoms with Gasteiger partial charge in [-0.2, -0.15) is 15.8 Å². The van der Waals surface area contributed by atoms with Crippen molar-refractivity contribution in [1.82, 2.24) is 0 Å². The second kappa shape index (κ2) is 3.70. The lowest BCUT2D eigenvalue weighted by molar-refractivity contribution is -0.151. The van der Waals surface area contributed by atoms with Crippen molar-refractivity contribution in [2.24, 2.45) is 0 Å². The van der Waals surface area contributed by atoms with Gasteiger partial charge in [0.1, 0.15) is 18.2 Å². The van der Waals surface area contributed by atoms with Gasteiger partial charge in [-0.1, -0.05) is 0 Å². The third-order valence-electron chi connectivity index (χ3n) is 0.822. The van der Waals surface area contributed by atoms with Crippen molar-refractivity contribution >= 4 is 12.3 Å². The molecule has 0 saturated carbocycles. The highest BCUT2D eigenvalue weighted by atomic mass is 16.6. The second-order valence-corrected chi connectivity index (χ2v) is 1.56. The van der Waals surface area contributed by atoms with Crippen LogP contribution in [0.2, 0.25) is 0 Å². The van der Waals surface area contributed by atoms with E-state index in [0.717, 1.165) is 18.2 Å². The van der Waals surface area contributed by atoms with E-state index in [1.54, 1.807) is 0 Å². The summed E-state index contributed by atoms with van der Waals surface area (Å²) in [5.41, 5.74) is -2.52. The van der Waals surface area contributed by atoms with Crippen molar-refractivity contribution in [3.8, 4) is 18.2 Å². The van der Waals surface area contributed by atoms with Gasteiger partial charge in [-0.3, -0.25) is 4.79 Å². The molecular formula is C6HN3O3. The van der Waals surface area contributed by atoms with Crippen LogP contribution in [0.25, 0.3) is 0 Å². The summed E-state index contributed by atoms with van der Waals surface area (Å²) in [6, 6.07) is 3.47. The van der Waals surface area contributed by atoms with Crippen LogP contribution in [-0.4, -0.2) is 17.9 Å². The monoisotopic (exact) mass is 163 g/mol. The van der Waals surface area contributed by atoms with Crippen molar-refractivity contribution in [3.63, 3.8) is 0 Å². The molecule has 0 aromatic heterocycles. The molecular weight excluding hydrogens is 162 g/mol. The second-order valence-electron chi connectivity index (χ2n) is 1.56. The number of aldehydes is 1. The Labute approximate surface area is 67.2 Å². The maximum atomic E-state index is 10.3. The molecule has 12 heavy (non-hydrogen) atoms. The van der Waals surface area contributed by atoms with Crippen molar-refractivity contribution in [2.45, 2.75) is 5.60 Å². The molecule has 0 bridgehead atoms. The van der Waals surface area contributed by atoms with Gasteiger partial charge in [-0.05, 0) is 0 Å². The van der Waals surface area contributed by atoms with E-state index in [4.69, 9.17) is 15.8 Å². The van der Waals surface area contributed by atoms with E-state index < -0.39 is 11.6 Å². The largest absolute Gasteiger partial charge is 0.411 e. The summed E-state index contributed by atoms with van der Waals surface area (Å²) in [5, 5.41) is 24.7. The van der Waals surface area contributed by atoms with Gasteiger partial charge < -0.3 is 4.74 Å². The molecule has 0 aromatic carbocycles. The Bertz CT molecular complexity index is 291. The number of hydrogen-bond donors (Lipinski definition) is 0. The number of rotatable bonds is 2. The van der Waals surface area contributed by atoms with Gasteiger partial charge in [0.2, 0.25) is 6.29 Å². The number of carbonyl (C=O) groups is 2. The van der Waals surface area contributed by atoms with Crippen LogP contribution in [0.15, 0.2) is 0 Å². The zero-order chi connectivity index (χ0) is 9.61. The molecule has 0 fully saturated rings. The van der Waals surface area contributed by atoms with Gasteiger partial charge in [0, 0.05) is 0 Å². The molecule has 0 aliphatic rings. The van der Waals surface area contributed by atoms with Crippen LogP contribution >= 0.6 is 0 Å². The van der Waals surface area contributed by atoms with E-state index in [0.29, 0.717) is 0 Å². The number of esters is 1. The van der Waals surface area contributed by atoms with E-state index in [2.05, 4.69) is 4.74 Å². The molecule has 0 heterocycles. The quantitative estimate of drug-likeness (QED) is 0.294. The molecule has 58 valence electrons. The molecule has 6 heteroatoms. The Morgan fingerprint density at radius 2 is 1.67 bits per heavy atom. The zero-order valence-corrected chi connectivity index (χ0v) is 5.64. The van der Waals surface area contributed by atoms with Crippen LogP contribution in [0.4, 0.5) is 0 Å². The maximum absolute atomic E-state index is 10.3. The van der Waals surface area contributed by atoms with Crippen LogP contribution in [0, 0.1) is 34.0 Å². The molecule has 0 amide bonds. The van der Waals surface area contributed by atoms with E-state index in [1.165, 1.54) is 0 Å². The van der Waals surface area contributed by atoms with Crippen molar-refractivity contribution < 1.29 is 14.3 Å². The smallest absolute Gasteiger partial charge is 0.374 e. The molecule has 0 aliphatic carbocycles. The van der Waals surface area contributed by atoms with Gasteiger partial charge in [0.05, 0.1) is 0 Å². The molecule has 0 saturated heterocycles. The number of hydrogen-bond acceptors (Lipinski definition) is 6. The lowest BCUT2D eigenvalue weighted by Gasteiger charge is -2.06. The number of nitriles is 3. The van der Waals surface area contributed by atoms with Gasteiger partial charge in [-0.15, -0.1) is 0 Å². The summed E-state index contributed by atoms with van der Waals surface area (Å²) in [7, 11) is 0. The molecule has 0 aromatic rings. The Morgan fingerprint density at radius 1 is 1.25 bits per heavy atom. The molecule has 0 aliphatic heterocycles. The highest BCUT2D eigenvalue weighted by Crippen LogP contribution is 2.06. The van der Waals surface area contributed by atoms with Crippen LogP contribution in [0.1, 0.15) is 0 Å². The lowest BCUT2D eigenvalue weighted by Crippen LogP contribution is -2.30. The zero-order valence-electron chi connectivity index (χ0n) is 5.64. The molecule has 0 atom stereocenters. The number of nitrogens with zero attached hydrogens (tertiary/aromatic N) is 3. The van der Waals surface area contributed by atoms with Gasteiger partial charge in [0.15, 0.2) is 0 Å². The number of ether oxygens (including phenoxy) is 1. The first-order valence-corrected chi connectivity index (χ1v) is 2.56. The summed E-state index contributed by atoms with van der Waals surface area (Å²) in [6.45, 7) is 0. The topological polar surface area (TPSA) is 115 Å². The molecule has 0 rings (SSSR count). The van der Waals surface area contributed by atoms with Crippen LogP contribution in [-0.2, 0) is 14.3 Å². The fraction of sp³-hybridized carbons (Fsp3) is 0.167. The Balaban J connectivity index is 4.74. The predicted octanol–water partition coefficient (Wildman–Crippen LogP) is -0.962. The first-order valence-electron chi connectivity index (χ1n) is 2.56. The normalized spacial score (nSPS) is 8.42. The van der Waals surface area contributed by atoms with Gasteiger partial charge >= 0.3 is 11.6 Å². The summed E-state index contributed by atoms with van der Waals surface area (Å²) in [5.74, 6) is -1.43. The average Bonchev–Trinajstić information content (AvgIpc) is 2.14. The van der Waals surface area contributed by atoms with E-state index in [-0.39, 0.29) is 6.29 Å². The third kappa shape index (κ3) is 1.80. The molecule has 0 radical (unpaired) electrons. The molecule has 0 N–H and O–H groups in total. The minimum absolute atomic E-state index is 0.235. The standard InChI is InChI=1S/C6HN3O3/c7-2-6(3-8,4-9)12-5(11)1-10/h1H. The van der Waals surface area contributed by atoms with E-state index in [1.807, 2.05) is 0 Å². The summed E-state index contributed by atoms with van der Waals surface area (Å²) in [6.07, 6.45) is -0.235. The Kier molecular flexibility index (Phi) is 2.96. The van der Waals surface area contributed by atoms with Crippen LogP contribution < -0.4 is 0 Å². The summed E-state index contributed by atoms with van der Waals surface area (Å²) >= 11 is 0. The fourth-order valence-electron chi connectivity index (χ4n) is 0.318. The Morgan fingerprint density at radius 3 is 1.92 bits per heavy atom. The average molecular weight is 163 g/mol. The van der Waals surface area contributed by atoms with Crippen LogP contribution in [0.5, 0.6) is 0 Å². The molecule has 0 unspecified atom stereocenters. The third-order valence-corrected chi connectivity index (χ3v) is 0.822. The highest BCUT2D eigenvalue weighted by Gasteiger charge is 2.34. The highest BCUT2D eigenvalue weighted by molar-refractivity contribution is 6.20. The summed E-state index contributed by atoms with van der Waals surface area (Å²) < 4.78 is 3.94. The predicted molar refractivity (Wildman–Crippen MR) is 31.7 cm³/mol. The van der Waals surface area contributed by atoms with E-state index >= 15 is 0 Å². The SMILES string of the molecule is N#CC(C#N)(C#N)OC(=O)C=O. The Hall–Kier alpha value is -2.39. The van der Waals surface area contributed by atoms with Crippen molar-refractivity contribution in [2.75, 3.05) is 0 Å². The van der Waals surface area contributed by atoms with Gasteiger partial charge in [0.25, 0.3) is 0 Å². The van der Waals surface area contributed by atoms with Crippen LogP contribution in [0.3, 0.4) is 0 Å². The van der Waals surface area contributed by atoms with E-state index in [9.17, 15) is 9.59 Å². The van der Waals surface area contributed by atoms with Crippen molar-refractivity contribution in [1.29, 1.82) is 15.8 Å². The summed E-state index contributed by atoms with van der Waals surface area (Å²) in [4.78, 5) is 20.0. The minimum Gasteiger partial charge on any atom is -0.411 e. The first-order chi connectivity index (χ1) is 5.64. The fourth-order valence-corrected chi connectivity index (χ4v) is 0.318. The molecule has 0 spiro atoms. The first kappa shape index (κ1) is 9.61. The molecule has 6 nitrogen and oxygen atoms in total. The maximum Gasteiger partial charge on any atom is 0.374 e. The number of carbonyl (C=O) groups excluding carboxylic acids is 2. The van der Waals surface area contributed by atoms with Gasteiger partial charge in [-0.25, -0.2) is 4.79 Å². The minimum atomic E-state index is -2.52. The lowest BCUT2D eigenvalue weighted by atomic mass is 10.1. The van der Waals surface area contributed by atoms with Crippen molar-refractivity contribution in [3.05, 3.63) is 0 Å².